The van der Waals surface area contributed by atoms with Crippen molar-refractivity contribution in [2.45, 2.75) is 12.6 Å². The van der Waals surface area contributed by atoms with Crippen molar-refractivity contribution < 1.29 is 4.39 Å². The van der Waals surface area contributed by atoms with E-state index in [9.17, 15) is 4.39 Å². The zero-order chi connectivity index (χ0) is 10.2. The summed E-state index contributed by atoms with van der Waals surface area (Å²) in [7, 11) is 0. The maximum Gasteiger partial charge on any atom is 0.138 e. The number of halogens is 2. The number of hydrogen-bond donors (Lipinski definition) is 1. The van der Waals surface area contributed by atoms with Gasteiger partial charge in [-0.15, -0.1) is 0 Å². The van der Waals surface area contributed by atoms with Crippen LogP contribution in [0.1, 0.15) is 12.5 Å². The molecule has 1 nitrogen and oxygen atoms in total. The summed E-state index contributed by atoms with van der Waals surface area (Å²) in [5, 5.41) is 3.73. The predicted molar refractivity (Wildman–Crippen MR) is 56.3 cm³/mol. The summed E-state index contributed by atoms with van der Waals surface area (Å²) in [4.78, 5) is 0. The van der Waals surface area contributed by atoms with Crippen molar-refractivity contribution >= 4 is 11.6 Å². The van der Waals surface area contributed by atoms with Gasteiger partial charge in [0, 0.05) is 24.0 Å². The van der Waals surface area contributed by atoms with Gasteiger partial charge in [0.1, 0.15) is 5.67 Å². The van der Waals surface area contributed by atoms with Crippen LogP contribution in [-0.4, -0.2) is 13.1 Å². The van der Waals surface area contributed by atoms with Crippen molar-refractivity contribution in [3.63, 3.8) is 0 Å². The van der Waals surface area contributed by atoms with E-state index in [1.807, 2.05) is 0 Å². The fourth-order valence-electron chi connectivity index (χ4n) is 1.68. The molecule has 0 bridgehead atoms. The third kappa shape index (κ3) is 1.64. The summed E-state index contributed by atoms with van der Waals surface area (Å²) in [5.41, 5.74) is -0.524. The molecule has 2 rings (SSSR count). The molecule has 0 aliphatic carbocycles. The molecular formula is C11H13ClFN. The van der Waals surface area contributed by atoms with Gasteiger partial charge in [-0.25, -0.2) is 4.39 Å². The van der Waals surface area contributed by atoms with Crippen LogP contribution in [0.2, 0.25) is 5.02 Å². The van der Waals surface area contributed by atoms with E-state index in [4.69, 9.17) is 11.6 Å². The molecule has 1 N–H and O–H groups in total. The largest absolute Gasteiger partial charge is 0.316 e. The van der Waals surface area contributed by atoms with E-state index in [1.54, 1.807) is 31.2 Å². The average Bonchev–Trinajstić information content (AvgIpc) is 2.00. The Labute approximate surface area is 88.3 Å². The van der Waals surface area contributed by atoms with Gasteiger partial charge >= 0.3 is 0 Å². The zero-order valence-electron chi connectivity index (χ0n) is 8.06. The molecule has 0 aromatic heterocycles. The predicted octanol–water partition coefficient (Wildman–Crippen LogP) is 2.74. The van der Waals surface area contributed by atoms with Gasteiger partial charge in [-0.3, -0.25) is 0 Å². The maximum absolute atomic E-state index is 14.3. The molecule has 76 valence electrons. The smallest absolute Gasteiger partial charge is 0.138 e. The second-order valence-corrected chi connectivity index (χ2v) is 4.37. The van der Waals surface area contributed by atoms with E-state index in [0.717, 1.165) is 13.1 Å². The summed E-state index contributed by atoms with van der Waals surface area (Å²) >= 11 is 5.75. The normalized spacial score (nSPS) is 21.4. The van der Waals surface area contributed by atoms with E-state index >= 15 is 0 Å². The first-order chi connectivity index (χ1) is 6.60. The molecule has 1 saturated heterocycles. The van der Waals surface area contributed by atoms with Crippen LogP contribution in [0.3, 0.4) is 0 Å². The Bertz CT molecular complexity index is 317. The number of benzene rings is 1. The molecule has 1 aromatic carbocycles. The Kier molecular flexibility index (Phi) is 2.50. The molecule has 1 atom stereocenters. The molecule has 0 radical (unpaired) electrons. The molecule has 1 unspecified atom stereocenters. The number of rotatable bonds is 2. The molecule has 1 aliphatic heterocycles. The quantitative estimate of drug-likeness (QED) is 0.797. The highest BCUT2D eigenvalue weighted by atomic mass is 35.5. The Morgan fingerprint density at radius 2 is 1.93 bits per heavy atom. The van der Waals surface area contributed by atoms with Crippen LogP contribution in [0.4, 0.5) is 4.39 Å². The first kappa shape index (κ1) is 9.94. The van der Waals surface area contributed by atoms with Crippen LogP contribution in [0.15, 0.2) is 24.3 Å². The average molecular weight is 214 g/mol. The highest BCUT2D eigenvalue weighted by molar-refractivity contribution is 6.30. The van der Waals surface area contributed by atoms with Gasteiger partial charge in [0.25, 0.3) is 0 Å². The minimum Gasteiger partial charge on any atom is -0.316 e. The standard InChI is InChI=1S/C11H13ClFN/c1-11(13,9-6-14-7-9)8-2-4-10(12)5-3-8/h2-5,9,14H,6-7H2,1H3. The molecule has 0 saturated carbocycles. The number of nitrogens with one attached hydrogen (secondary N) is 1. The van der Waals surface area contributed by atoms with Crippen LogP contribution in [0.25, 0.3) is 0 Å². The lowest BCUT2D eigenvalue weighted by Crippen LogP contribution is -2.51. The number of alkyl halides is 1. The molecule has 14 heavy (non-hydrogen) atoms. The summed E-state index contributed by atoms with van der Waals surface area (Å²) in [6.07, 6.45) is 0. The second-order valence-electron chi connectivity index (χ2n) is 3.94. The fraction of sp³-hybridized carbons (Fsp3) is 0.455. The van der Waals surface area contributed by atoms with Gasteiger partial charge in [0.15, 0.2) is 0 Å². The lowest BCUT2D eigenvalue weighted by molar-refractivity contribution is 0.0631. The van der Waals surface area contributed by atoms with Crippen LogP contribution in [0.5, 0.6) is 0 Å². The van der Waals surface area contributed by atoms with Crippen LogP contribution in [-0.2, 0) is 5.67 Å². The van der Waals surface area contributed by atoms with Crippen molar-refractivity contribution in [2.75, 3.05) is 13.1 Å². The third-order valence-corrected chi connectivity index (χ3v) is 3.21. The highest BCUT2D eigenvalue weighted by Gasteiger charge is 2.39. The van der Waals surface area contributed by atoms with Crippen LogP contribution < -0.4 is 5.32 Å². The Morgan fingerprint density at radius 1 is 1.36 bits per heavy atom. The topological polar surface area (TPSA) is 12.0 Å². The van der Waals surface area contributed by atoms with Gasteiger partial charge in [-0.1, -0.05) is 23.7 Å². The zero-order valence-corrected chi connectivity index (χ0v) is 8.81. The van der Waals surface area contributed by atoms with Gasteiger partial charge in [0.2, 0.25) is 0 Å². The van der Waals surface area contributed by atoms with E-state index in [2.05, 4.69) is 5.32 Å². The first-order valence-electron chi connectivity index (χ1n) is 4.76. The molecule has 3 heteroatoms. The lowest BCUT2D eigenvalue weighted by Gasteiger charge is -2.37. The molecular weight excluding hydrogens is 201 g/mol. The molecule has 1 fully saturated rings. The van der Waals surface area contributed by atoms with E-state index in [-0.39, 0.29) is 5.92 Å². The lowest BCUT2D eigenvalue weighted by atomic mass is 9.81. The molecule has 0 spiro atoms. The maximum atomic E-state index is 14.3. The van der Waals surface area contributed by atoms with Gasteiger partial charge in [0.05, 0.1) is 0 Å². The third-order valence-electron chi connectivity index (χ3n) is 2.96. The summed E-state index contributed by atoms with van der Waals surface area (Å²) in [6.45, 7) is 3.16. The SMILES string of the molecule is CC(F)(c1ccc(Cl)cc1)C1CNC1. The first-order valence-corrected chi connectivity index (χ1v) is 5.14. The van der Waals surface area contributed by atoms with Crippen molar-refractivity contribution in [3.05, 3.63) is 34.9 Å². The van der Waals surface area contributed by atoms with Crippen molar-refractivity contribution in [1.29, 1.82) is 0 Å². The second kappa shape index (κ2) is 3.52. The van der Waals surface area contributed by atoms with Crippen molar-refractivity contribution in [2.24, 2.45) is 5.92 Å². The minimum absolute atomic E-state index is 0.0867. The van der Waals surface area contributed by atoms with Crippen LogP contribution >= 0.6 is 11.6 Å². The van der Waals surface area contributed by atoms with Gasteiger partial charge in [-0.2, -0.15) is 0 Å². The fourth-order valence-corrected chi connectivity index (χ4v) is 1.81. The van der Waals surface area contributed by atoms with Gasteiger partial charge < -0.3 is 5.32 Å². The summed E-state index contributed by atoms with van der Waals surface area (Å²) < 4.78 is 14.3. The van der Waals surface area contributed by atoms with Crippen LogP contribution in [0, 0.1) is 5.92 Å². The molecule has 1 heterocycles. The number of hydrogen-bond acceptors (Lipinski definition) is 1. The summed E-state index contributed by atoms with van der Waals surface area (Å²) in [6, 6.07) is 7.00. The Morgan fingerprint density at radius 3 is 2.36 bits per heavy atom. The Hall–Kier alpha value is -0.600. The molecule has 0 amide bonds. The molecule has 1 aromatic rings. The molecule has 1 aliphatic rings. The highest BCUT2D eigenvalue weighted by Crippen LogP contribution is 2.36. The van der Waals surface area contributed by atoms with E-state index in [1.165, 1.54) is 0 Å². The van der Waals surface area contributed by atoms with Crippen molar-refractivity contribution in [3.8, 4) is 0 Å². The summed E-state index contributed by atoms with van der Waals surface area (Å²) in [5.74, 6) is 0.0867. The van der Waals surface area contributed by atoms with Crippen molar-refractivity contribution in [1.82, 2.24) is 5.32 Å². The monoisotopic (exact) mass is 213 g/mol. The van der Waals surface area contributed by atoms with E-state index in [0.29, 0.717) is 10.6 Å². The van der Waals surface area contributed by atoms with Gasteiger partial charge in [-0.05, 0) is 24.6 Å². The van der Waals surface area contributed by atoms with E-state index < -0.39 is 5.67 Å². The Balaban J connectivity index is 2.23. The minimum atomic E-state index is -1.24.